The van der Waals surface area contributed by atoms with Crippen molar-refractivity contribution in [3.05, 3.63) is 65.4 Å². The van der Waals surface area contributed by atoms with E-state index in [0.717, 1.165) is 22.5 Å². The number of nitrogens with one attached hydrogen (secondary N) is 1. The molecule has 0 saturated carbocycles. The Morgan fingerprint density at radius 2 is 1.55 bits per heavy atom. The Bertz CT molecular complexity index is 744. The minimum absolute atomic E-state index is 0.212. The maximum absolute atomic E-state index is 13.1. The molecule has 0 atom stereocenters. The van der Waals surface area contributed by atoms with Crippen LogP contribution in [0.4, 0.5) is 8.78 Å². The molecule has 0 saturated heterocycles. The predicted octanol–water partition coefficient (Wildman–Crippen LogP) is 3.94. The topological polar surface area (TPSA) is 36.0 Å². The highest BCUT2D eigenvalue weighted by molar-refractivity contribution is 5.86. The molecule has 0 aliphatic heterocycles. The summed E-state index contributed by atoms with van der Waals surface area (Å²) in [6.45, 7) is 0. The summed E-state index contributed by atoms with van der Waals surface area (Å²) < 4.78 is 26.2. The smallest absolute Gasteiger partial charge is 0.126 e. The average Bonchev–Trinajstić information content (AvgIpc) is 2.84. The van der Waals surface area contributed by atoms with Gasteiger partial charge < -0.3 is 10.1 Å². The van der Waals surface area contributed by atoms with Crippen LogP contribution in [0.3, 0.4) is 0 Å². The molecule has 0 aliphatic rings. The summed E-state index contributed by atoms with van der Waals surface area (Å²) in [5.41, 5.74) is 2.38. The number of hydrogen-bond acceptors (Lipinski definition) is 1. The second-order valence-corrected chi connectivity index (χ2v) is 4.83. The Balaban J connectivity index is 1.82. The first-order chi connectivity index (χ1) is 9.61. The van der Waals surface area contributed by atoms with Crippen molar-refractivity contribution in [1.82, 2.24) is 4.98 Å². The van der Waals surface area contributed by atoms with Gasteiger partial charge in [-0.1, -0.05) is 0 Å². The van der Waals surface area contributed by atoms with E-state index in [2.05, 4.69) is 4.98 Å². The van der Waals surface area contributed by atoms with Gasteiger partial charge in [-0.15, -0.1) is 0 Å². The van der Waals surface area contributed by atoms with Crippen molar-refractivity contribution in [2.24, 2.45) is 0 Å². The first-order valence-electron chi connectivity index (χ1n) is 6.36. The zero-order valence-corrected chi connectivity index (χ0v) is 10.7. The van der Waals surface area contributed by atoms with Gasteiger partial charge in [0.1, 0.15) is 17.4 Å². The van der Waals surface area contributed by atoms with Crippen LogP contribution in [0, 0.1) is 11.6 Å². The van der Waals surface area contributed by atoms with Gasteiger partial charge in [0.2, 0.25) is 0 Å². The number of phenols is 1. The monoisotopic (exact) mass is 273 g/mol. The van der Waals surface area contributed by atoms with Crippen molar-refractivity contribution in [3.63, 3.8) is 0 Å². The van der Waals surface area contributed by atoms with E-state index in [9.17, 15) is 13.9 Å². The molecule has 2 N–H and O–H groups in total. The molecule has 102 valence electrons. The molecule has 0 amide bonds. The van der Waals surface area contributed by atoms with Gasteiger partial charge in [0, 0.05) is 23.2 Å². The summed E-state index contributed by atoms with van der Waals surface area (Å²) in [6.07, 6.45) is 2.88. The Hall–Kier alpha value is -2.36. The number of benzene rings is 2. The molecule has 0 bridgehead atoms. The van der Waals surface area contributed by atoms with Crippen LogP contribution in [0.15, 0.2) is 42.6 Å². The molecule has 2 nitrogen and oxygen atoms in total. The van der Waals surface area contributed by atoms with E-state index in [1.54, 1.807) is 18.3 Å². The fraction of sp³-hybridized carbons (Fsp3) is 0.125. The first kappa shape index (κ1) is 12.7. The minimum atomic E-state index is -0.567. The summed E-state index contributed by atoms with van der Waals surface area (Å²) in [5.74, 6) is -0.922. The number of hydrogen-bond donors (Lipinski definition) is 2. The highest BCUT2D eigenvalue weighted by Gasteiger charge is 2.06. The molecule has 0 unspecified atom stereocenters. The van der Waals surface area contributed by atoms with E-state index in [1.807, 2.05) is 6.07 Å². The SMILES string of the molecule is Oc1cc(CCc2cc(F)cc(F)c2)cc2[nH]ccc12. The second-order valence-electron chi connectivity index (χ2n) is 4.83. The molecule has 3 aromatic rings. The molecule has 1 aromatic heterocycles. The largest absolute Gasteiger partial charge is 0.507 e. The van der Waals surface area contributed by atoms with Gasteiger partial charge in [-0.25, -0.2) is 8.78 Å². The van der Waals surface area contributed by atoms with Crippen molar-refractivity contribution >= 4 is 10.9 Å². The molecule has 0 fully saturated rings. The molecular formula is C16H13F2NO. The lowest BCUT2D eigenvalue weighted by Crippen LogP contribution is -1.94. The quantitative estimate of drug-likeness (QED) is 0.745. The van der Waals surface area contributed by atoms with E-state index in [4.69, 9.17) is 0 Å². The number of rotatable bonds is 3. The van der Waals surface area contributed by atoms with Gasteiger partial charge in [-0.2, -0.15) is 0 Å². The van der Waals surface area contributed by atoms with Crippen LogP contribution >= 0.6 is 0 Å². The van der Waals surface area contributed by atoms with E-state index in [-0.39, 0.29) is 5.75 Å². The third-order valence-corrected chi connectivity index (χ3v) is 3.33. The first-order valence-corrected chi connectivity index (χ1v) is 6.36. The minimum Gasteiger partial charge on any atom is -0.507 e. The van der Waals surface area contributed by atoms with Crippen LogP contribution in [-0.2, 0) is 12.8 Å². The van der Waals surface area contributed by atoms with Gasteiger partial charge in [0.15, 0.2) is 0 Å². The van der Waals surface area contributed by atoms with Crippen LogP contribution in [0.1, 0.15) is 11.1 Å². The molecule has 0 spiro atoms. The lowest BCUT2D eigenvalue weighted by molar-refractivity contribution is 0.481. The number of halogens is 2. The number of phenolic OH excluding ortho intramolecular Hbond substituents is 1. The Morgan fingerprint density at radius 3 is 2.25 bits per heavy atom. The van der Waals surface area contributed by atoms with Gasteiger partial charge in [0.05, 0.1) is 0 Å². The molecule has 20 heavy (non-hydrogen) atoms. The van der Waals surface area contributed by atoms with Gasteiger partial charge in [0.25, 0.3) is 0 Å². The van der Waals surface area contributed by atoms with Crippen LogP contribution in [0.25, 0.3) is 10.9 Å². The summed E-state index contributed by atoms with van der Waals surface area (Å²) in [6, 6.07) is 8.94. The summed E-state index contributed by atoms with van der Waals surface area (Å²) in [7, 11) is 0. The lowest BCUT2D eigenvalue weighted by atomic mass is 10.0. The molecule has 0 radical (unpaired) electrons. The standard InChI is InChI=1S/C16H13F2NO/c17-12-5-10(6-13(18)9-12)1-2-11-7-15-14(3-4-19-15)16(20)8-11/h3-9,19-20H,1-2H2. The molecule has 3 rings (SSSR count). The molecular weight excluding hydrogens is 260 g/mol. The number of H-pyrrole nitrogens is 1. The van der Waals surface area contributed by atoms with E-state index < -0.39 is 11.6 Å². The Labute approximate surface area is 114 Å². The molecule has 1 heterocycles. The fourth-order valence-corrected chi connectivity index (χ4v) is 2.39. The molecule has 0 aliphatic carbocycles. The lowest BCUT2D eigenvalue weighted by Gasteiger charge is -2.05. The predicted molar refractivity (Wildman–Crippen MR) is 73.7 cm³/mol. The summed E-state index contributed by atoms with van der Waals surface area (Å²) >= 11 is 0. The van der Waals surface area contributed by atoms with Crippen LogP contribution in [0.2, 0.25) is 0 Å². The van der Waals surface area contributed by atoms with Crippen molar-refractivity contribution in [3.8, 4) is 5.75 Å². The van der Waals surface area contributed by atoms with Crippen molar-refractivity contribution in [1.29, 1.82) is 0 Å². The number of aromatic nitrogens is 1. The Morgan fingerprint density at radius 1 is 0.900 bits per heavy atom. The third kappa shape index (κ3) is 2.50. The van der Waals surface area contributed by atoms with Crippen LogP contribution in [0.5, 0.6) is 5.75 Å². The zero-order valence-electron chi connectivity index (χ0n) is 10.7. The van der Waals surface area contributed by atoms with Crippen molar-refractivity contribution < 1.29 is 13.9 Å². The normalized spacial score (nSPS) is 11.1. The Kier molecular flexibility index (Phi) is 3.14. The van der Waals surface area contributed by atoms with Crippen LogP contribution in [-0.4, -0.2) is 10.1 Å². The maximum Gasteiger partial charge on any atom is 0.126 e. The summed E-state index contributed by atoms with van der Waals surface area (Å²) in [5, 5.41) is 10.7. The zero-order chi connectivity index (χ0) is 14.1. The highest BCUT2D eigenvalue weighted by Crippen LogP contribution is 2.26. The van der Waals surface area contributed by atoms with Crippen molar-refractivity contribution in [2.45, 2.75) is 12.8 Å². The highest BCUT2D eigenvalue weighted by atomic mass is 19.1. The fourth-order valence-electron chi connectivity index (χ4n) is 2.39. The van der Waals surface area contributed by atoms with Crippen molar-refractivity contribution in [2.75, 3.05) is 0 Å². The van der Waals surface area contributed by atoms with E-state index >= 15 is 0 Å². The molecule has 2 aromatic carbocycles. The maximum atomic E-state index is 13.1. The third-order valence-electron chi connectivity index (χ3n) is 3.33. The average molecular weight is 273 g/mol. The number of aryl methyl sites for hydroxylation is 2. The number of aromatic hydroxyl groups is 1. The van der Waals surface area contributed by atoms with Gasteiger partial charge in [-0.05, 0) is 54.3 Å². The van der Waals surface area contributed by atoms with Crippen LogP contribution < -0.4 is 0 Å². The van der Waals surface area contributed by atoms with E-state index in [1.165, 1.54) is 12.1 Å². The number of fused-ring (bicyclic) bond motifs is 1. The van der Waals surface area contributed by atoms with Gasteiger partial charge >= 0.3 is 0 Å². The van der Waals surface area contributed by atoms with E-state index in [0.29, 0.717) is 18.4 Å². The second kappa shape index (κ2) is 4.96. The molecule has 4 heteroatoms. The van der Waals surface area contributed by atoms with Gasteiger partial charge in [-0.3, -0.25) is 0 Å². The number of aromatic amines is 1. The summed E-state index contributed by atoms with van der Waals surface area (Å²) in [4.78, 5) is 3.04.